The largest absolute Gasteiger partial charge is 0.491 e. The van der Waals surface area contributed by atoms with Gasteiger partial charge < -0.3 is 24.0 Å². The summed E-state index contributed by atoms with van der Waals surface area (Å²) in [4.78, 5) is 15.6. The molecule has 2 saturated heterocycles. The van der Waals surface area contributed by atoms with Crippen LogP contribution in [0.3, 0.4) is 0 Å². The topological polar surface area (TPSA) is 51.2 Å². The number of piperazine rings is 1. The predicted molar refractivity (Wildman–Crippen MR) is 116 cm³/mol. The van der Waals surface area contributed by atoms with Crippen molar-refractivity contribution < 1.29 is 19.0 Å². The zero-order valence-electron chi connectivity index (χ0n) is 17.3. The normalized spacial score (nSPS) is 21.7. The van der Waals surface area contributed by atoms with E-state index in [1.165, 1.54) is 0 Å². The van der Waals surface area contributed by atoms with Gasteiger partial charge in [-0.1, -0.05) is 23.7 Å². The van der Waals surface area contributed by atoms with Gasteiger partial charge in [-0.3, -0.25) is 4.79 Å². The Hall–Kier alpha value is -2.28. The molecule has 2 fully saturated rings. The van der Waals surface area contributed by atoms with Crippen LogP contribution in [0, 0.1) is 6.92 Å². The van der Waals surface area contributed by atoms with Gasteiger partial charge in [0.2, 0.25) is 5.91 Å². The van der Waals surface area contributed by atoms with Gasteiger partial charge in [-0.15, -0.1) is 0 Å². The third-order valence-electron chi connectivity index (χ3n) is 5.52. The SMILES string of the molecule is CC(=O)N1CCN(c2ccc(OC[C@H]3CO[C@H](c4ccc(C)cc4Cl)O3)cc2)CC1. The number of carbonyl (C=O) groups excluding carboxylic acids is 1. The lowest BCUT2D eigenvalue weighted by atomic mass is 10.1. The smallest absolute Gasteiger partial charge is 0.219 e. The quantitative estimate of drug-likeness (QED) is 0.722. The van der Waals surface area contributed by atoms with Crippen molar-refractivity contribution in [2.24, 2.45) is 0 Å². The molecule has 2 aromatic rings. The summed E-state index contributed by atoms with van der Waals surface area (Å²) in [5.41, 5.74) is 3.09. The first-order chi connectivity index (χ1) is 14.5. The number of aryl methyl sites for hydroxylation is 1. The van der Waals surface area contributed by atoms with Crippen molar-refractivity contribution in [3.05, 3.63) is 58.6 Å². The van der Waals surface area contributed by atoms with Crippen LogP contribution in [-0.4, -0.2) is 56.3 Å². The van der Waals surface area contributed by atoms with Crippen LogP contribution in [0.15, 0.2) is 42.5 Å². The molecule has 0 aliphatic carbocycles. The zero-order valence-corrected chi connectivity index (χ0v) is 18.1. The molecule has 30 heavy (non-hydrogen) atoms. The highest BCUT2D eigenvalue weighted by molar-refractivity contribution is 6.31. The Morgan fingerprint density at radius 1 is 1.13 bits per heavy atom. The van der Waals surface area contributed by atoms with Crippen molar-refractivity contribution in [3.8, 4) is 5.75 Å². The summed E-state index contributed by atoms with van der Waals surface area (Å²) < 4.78 is 17.6. The van der Waals surface area contributed by atoms with Crippen molar-refractivity contribution in [1.29, 1.82) is 0 Å². The van der Waals surface area contributed by atoms with E-state index in [1.54, 1.807) is 6.92 Å². The third-order valence-corrected chi connectivity index (χ3v) is 5.85. The van der Waals surface area contributed by atoms with E-state index in [0.29, 0.717) is 18.2 Å². The van der Waals surface area contributed by atoms with Crippen molar-refractivity contribution in [3.63, 3.8) is 0 Å². The number of rotatable bonds is 5. The van der Waals surface area contributed by atoms with Gasteiger partial charge in [0, 0.05) is 49.4 Å². The molecule has 6 nitrogen and oxygen atoms in total. The van der Waals surface area contributed by atoms with E-state index < -0.39 is 6.29 Å². The first-order valence-corrected chi connectivity index (χ1v) is 10.6. The Bertz CT molecular complexity index is 881. The zero-order chi connectivity index (χ0) is 21.1. The van der Waals surface area contributed by atoms with Gasteiger partial charge in [0.25, 0.3) is 0 Å². The predicted octanol–water partition coefficient (Wildman–Crippen LogP) is 3.81. The number of hydrogen-bond donors (Lipinski definition) is 0. The molecule has 0 radical (unpaired) electrons. The molecular formula is C23H27ClN2O4. The fourth-order valence-corrected chi connectivity index (χ4v) is 4.07. The van der Waals surface area contributed by atoms with Crippen LogP contribution in [0.25, 0.3) is 0 Å². The molecule has 2 aliphatic heterocycles. The number of halogens is 1. The molecule has 7 heteroatoms. The first kappa shape index (κ1) is 21.0. The molecule has 0 saturated carbocycles. The summed E-state index contributed by atoms with van der Waals surface area (Å²) in [6.45, 7) is 7.71. The van der Waals surface area contributed by atoms with Gasteiger partial charge in [0.1, 0.15) is 18.5 Å². The number of amides is 1. The van der Waals surface area contributed by atoms with Gasteiger partial charge in [-0.2, -0.15) is 0 Å². The molecule has 0 spiro atoms. The molecule has 2 atom stereocenters. The third kappa shape index (κ3) is 4.89. The number of hydrogen-bond acceptors (Lipinski definition) is 5. The van der Waals surface area contributed by atoms with E-state index in [9.17, 15) is 4.79 Å². The Balaban J connectivity index is 1.26. The van der Waals surface area contributed by atoms with Crippen molar-refractivity contribution in [1.82, 2.24) is 4.90 Å². The van der Waals surface area contributed by atoms with Crippen LogP contribution in [-0.2, 0) is 14.3 Å². The van der Waals surface area contributed by atoms with E-state index in [1.807, 2.05) is 42.2 Å². The second-order valence-electron chi connectivity index (χ2n) is 7.75. The highest BCUT2D eigenvalue weighted by Crippen LogP contribution is 2.32. The number of nitrogens with zero attached hydrogens (tertiary/aromatic N) is 2. The Morgan fingerprint density at radius 2 is 1.87 bits per heavy atom. The number of ether oxygens (including phenoxy) is 3. The van der Waals surface area contributed by atoms with E-state index >= 15 is 0 Å². The standard InChI is InChI=1S/C23H27ClN2O4/c1-16-3-8-21(22(24)13-16)23-29-15-20(30-23)14-28-19-6-4-18(5-7-19)26-11-9-25(10-12-26)17(2)27/h3-8,13,20,23H,9-12,14-15H2,1-2H3/t20-,23-/m0/s1. The fraction of sp³-hybridized carbons (Fsp3) is 0.435. The Labute approximate surface area is 182 Å². The number of benzene rings is 2. The van der Waals surface area contributed by atoms with Crippen molar-refractivity contribution in [2.45, 2.75) is 26.2 Å². The average molecular weight is 431 g/mol. The number of anilines is 1. The molecule has 4 rings (SSSR count). The molecule has 0 aromatic heterocycles. The molecule has 2 aliphatic rings. The molecule has 0 N–H and O–H groups in total. The average Bonchev–Trinajstić information content (AvgIpc) is 3.21. The summed E-state index contributed by atoms with van der Waals surface area (Å²) in [6.07, 6.45) is -0.602. The summed E-state index contributed by atoms with van der Waals surface area (Å²) in [5.74, 6) is 0.935. The Morgan fingerprint density at radius 3 is 2.53 bits per heavy atom. The maximum atomic E-state index is 11.5. The summed E-state index contributed by atoms with van der Waals surface area (Å²) >= 11 is 6.32. The highest BCUT2D eigenvalue weighted by Gasteiger charge is 2.29. The molecule has 0 unspecified atom stereocenters. The van der Waals surface area contributed by atoms with Crippen LogP contribution in [0.4, 0.5) is 5.69 Å². The second-order valence-corrected chi connectivity index (χ2v) is 8.15. The minimum Gasteiger partial charge on any atom is -0.491 e. The molecule has 0 bridgehead atoms. The van der Waals surface area contributed by atoms with E-state index in [2.05, 4.69) is 17.0 Å². The van der Waals surface area contributed by atoms with Gasteiger partial charge >= 0.3 is 0 Å². The molecular weight excluding hydrogens is 404 g/mol. The van der Waals surface area contributed by atoms with Gasteiger partial charge in [0.15, 0.2) is 6.29 Å². The Kier molecular flexibility index (Phi) is 6.46. The monoisotopic (exact) mass is 430 g/mol. The van der Waals surface area contributed by atoms with E-state index in [-0.39, 0.29) is 12.0 Å². The summed E-state index contributed by atoms with van der Waals surface area (Å²) in [5, 5.41) is 0.654. The first-order valence-electron chi connectivity index (χ1n) is 10.3. The van der Waals surface area contributed by atoms with Gasteiger partial charge in [-0.25, -0.2) is 0 Å². The molecule has 2 aromatic carbocycles. The molecule has 2 heterocycles. The second kappa shape index (κ2) is 9.25. The van der Waals surface area contributed by atoms with Crippen LogP contribution >= 0.6 is 11.6 Å². The maximum absolute atomic E-state index is 11.5. The van der Waals surface area contributed by atoms with Crippen molar-refractivity contribution in [2.75, 3.05) is 44.3 Å². The summed E-state index contributed by atoms with van der Waals surface area (Å²) in [6, 6.07) is 13.9. The van der Waals surface area contributed by atoms with Gasteiger partial charge in [-0.05, 0) is 42.8 Å². The fourth-order valence-electron chi connectivity index (χ4n) is 3.74. The highest BCUT2D eigenvalue weighted by atomic mass is 35.5. The number of carbonyl (C=O) groups is 1. The van der Waals surface area contributed by atoms with Crippen molar-refractivity contribution >= 4 is 23.2 Å². The lowest BCUT2D eigenvalue weighted by Gasteiger charge is -2.35. The molecule has 1 amide bonds. The minimum absolute atomic E-state index is 0.142. The van der Waals surface area contributed by atoms with Crippen LogP contribution < -0.4 is 9.64 Å². The lowest BCUT2D eigenvalue weighted by Crippen LogP contribution is -2.48. The summed E-state index contributed by atoms with van der Waals surface area (Å²) in [7, 11) is 0. The van der Waals surface area contributed by atoms with E-state index in [4.69, 9.17) is 25.8 Å². The maximum Gasteiger partial charge on any atom is 0.219 e. The lowest BCUT2D eigenvalue weighted by molar-refractivity contribution is -0.129. The van der Waals surface area contributed by atoms with E-state index in [0.717, 1.165) is 48.7 Å². The van der Waals surface area contributed by atoms with Crippen LogP contribution in [0.1, 0.15) is 24.3 Å². The van der Waals surface area contributed by atoms with Crippen LogP contribution in [0.5, 0.6) is 5.75 Å². The van der Waals surface area contributed by atoms with Crippen LogP contribution in [0.2, 0.25) is 5.02 Å². The van der Waals surface area contributed by atoms with Gasteiger partial charge in [0.05, 0.1) is 6.61 Å². The molecule has 160 valence electrons. The minimum atomic E-state index is -0.456.